The Morgan fingerprint density at radius 2 is 1.73 bits per heavy atom. The van der Waals surface area contributed by atoms with Gasteiger partial charge in [0.2, 0.25) is 0 Å². The molecule has 11 heavy (non-hydrogen) atoms. The first-order chi connectivity index (χ1) is 5.15. The van der Waals surface area contributed by atoms with Crippen molar-refractivity contribution in [1.29, 1.82) is 0 Å². The summed E-state index contributed by atoms with van der Waals surface area (Å²) in [6.45, 7) is 4.68. The molecule has 66 valence electrons. The molecule has 0 aromatic heterocycles. The number of hydrogen-bond acceptors (Lipinski definition) is 1. The molecule has 0 heterocycles. The molecule has 1 rings (SSSR count). The molecule has 0 aromatic rings. The summed E-state index contributed by atoms with van der Waals surface area (Å²) in [6.07, 6.45) is 2.18. The van der Waals surface area contributed by atoms with E-state index in [2.05, 4.69) is 13.8 Å². The Morgan fingerprint density at radius 1 is 1.27 bits per heavy atom. The molecule has 0 radical (unpaired) electrons. The van der Waals surface area contributed by atoms with Gasteiger partial charge in [0, 0.05) is 12.0 Å². The smallest absolute Gasteiger partial charge is 0.0459 e. The van der Waals surface area contributed by atoms with Gasteiger partial charge in [-0.3, -0.25) is 0 Å². The van der Waals surface area contributed by atoms with Gasteiger partial charge in [-0.05, 0) is 30.6 Å². The zero-order chi connectivity index (χ0) is 8.43. The standard InChI is InChI=1S/C9H17ClO/c1-6-3-8(5-11)4-7(2)9(6)10/h6-9,11H,3-5H2,1-2H3/t6-,7?,8+,9?/m0/s1. The van der Waals surface area contributed by atoms with Gasteiger partial charge in [0.05, 0.1) is 0 Å². The molecule has 4 atom stereocenters. The van der Waals surface area contributed by atoms with Crippen molar-refractivity contribution in [3.8, 4) is 0 Å². The monoisotopic (exact) mass is 176 g/mol. The van der Waals surface area contributed by atoms with Gasteiger partial charge in [-0.15, -0.1) is 11.6 Å². The lowest BCUT2D eigenvalue weighted by Gasteiger charge is -2.34. The third-order valence-corrected chi connectivity index (χ3v) is 3.62. The predicted octanol–water partition coefficient (Wildman–Crippen LogP) is 2.27. The summed E-state index contributed by atoms with van der Waals surface area (Å²) in [4.78, 5) is 0. The maximum atomic E-state index is 8.97. The topological polar surface area (TPSA) is 20.2 Å². The molecular weight excluding hydrogens is 160 g/mol. The zero-order valence-corrected chi connectivity index (χ0v) is 8.01. The summed E-state index contributed by atoms with van der Waals surface area (Å²) in [5, 5.41) is 9.29. The van der Waals surface area contributed by atoms with Crippen LogP contribution in [0.5, 0.6) is 0 Å². The first-order valence-electron chi connectivity index (χ1n) is 4.40. The van der Waals surface area contributed by atoms with Crippen molar-refractivity contribution < 1.29 is 5.11 Å². The van der Waals surface area contributed by atoms with E-state index in [1.54, 1.807) is 0 Å². The van der Waals surface area contributed by atoms with E-state index in [1.807, 2.05) is 0 Å². The number of alkyl halides is 1. The van der Waals surface area contributed by atoms with Crippen LogP contribution in [0.25, 0.3) is 0 Å². The van der Waals surface area contributed by atoms with Crippen LogP contribution < -0.4 is 0 Å². The van der Waals surface area contributed by atoms with Gasteiger partial charge in [0.15, 0.2) is 0 Å². The lowest BCUT2D eigenvalue weighted by Crippen LogP contribution is -2.31. The normalized spacial score (nSPS) is 45.8. The van der Waals surface area contributed by atoms with Gasteiger partial charge >= 0.3 is 0 Å². The van der Waals surface area contributed by atoms with Crippen LogP contribution in [0.1, 0.15) is 26.7 Å². The molecule has 1 N–H and O–H groups in total. The largest absolute Gasteiger partial charge is 0.396 e. The highest BCUT2D eigenvalue weighted by Gasteiger charge is 2.30. The van der Waals surface area contributed by atoms with Gasteiger partial charge in [-0.1, -0.05) is 13.8 Å². The van der Waals surface area contributed by atoms with Crippen LogP contribution in [0.3, 0.4) is 0 Å². The third kappa shape index (κ3) is 2.09. The molecule has 0 aliphatic heterocycles. The van der Waals surface area contributed by atoms with Crippen molar-refractivity contribution >= 4 is 11.6 Å². The predicted molar refractivity (Wildman–Crippen MR) is 47.8 cm³/mol. The lowest BCUT2D eigenvalue weighted by molar-refractivity contribution is 0.141. The number of aliphatic hydroxyl groups is 1. The molecule has 0 saturated heterocycles. The van der Waals surface area contributed by atoms with Crippen molar-refractivity contribution in [1.82, 2.24) is 0 Å². The molecule has 2 unspecified atom stereocenters. The summed E-state index contributed by atoms with van der Waals surface area (Å²) >= 11 is 6.16. The number of halogens is 1. The average Bonchev–Trinajstić information content (AvgIpc) is 1.99. The van der Waals surface area contributed by atoms with Crippen LogP contribution in [-0.2, 0) is 0 Å². The van der Waals surface area contributed by atoms with E-state index in [1.165, 1.54) is 0 Å². The van der Waals surface area contributed by atoms with Crippen molar-refractivity contribution in [2.75, 3.05) is 6.61 Å². The average molecular weight is 177 g/mol. The highest BCUT2D eigenvalue weighted by molar-refractivity contribution is 6.21. The van der Waals surface area contributed by atoms with E-state index in [9.17, 15) is 0 Å². The van der Waals surface area contributed by atoms with Crippen LogP contribution in [-0.4, -0.2) is 17.1 Å². The fourth-order valence-corrected chi connectivity index (χ4v) is 2.32. The zero-order valence-electron chi connectivity index (χ0n) is 7.26. The Hall–Kier alpha value is 0.250. The van der Waals surface area contributed by atoms with Crippen LogP contribution >= 0.6 is 11.6 Å². The fourth-order valence-electron chi connectivity index (χ4n) is 2.12. The SMILES string of the molecule is CC1C[C@H](CO)C[C@H](C)C1Cl. The Labute approximate surface area is 73.8 Å². The van der Waals surface area contributed by atoms with Gasteiger partial charge < -0.3 is 5.11 Å². The first kappa shape index (κ1) is 9.34. The van der Waals surface area contributed by atoms with Gasteiger partial charge in [0.25, 0.3) is 0 Å². The van der Waals surface area contributed by atoms with E-state index in [-0.39, 0.29) is 0 Å². The van der Waals surface area contributed by atoms with Crippen LogP contribution in [0.15, 0.2) is 0 Å². The molecule has 0 amide bonds. The minimum absolute atomic E-state index is 0.317. The van der Waals surface area contributed by atoms with Crippen molar-refractivity contribution in [2.24, 2.45) is 17.8 Å². The molecule has 0 bridgehead atoms. The summed E-state index contributed by atoms with van der Waals surface area (Å²) < 4.78 is 0. The maximum Gasteiger partial charge on any atom is 0.0459 e. The Kier molecular flexibility index (Phi) is 3.20. The highest BCUT2D eigenvalue weighted by Crippen LogP contribution is 2.36. The molecule has 1 fully saturated rings. The van der Waals surface area contributed by atoms with E-state index in [0.29, 0.717) is 29.7 Å². The molecule has 1 aliphatic carbocycles. The first-order valence-corrected chi connectivity index (χ1v) is 4.83. The molecule has 1 nitrogen and oxygen atoms in total. The third-order valence-electron chi connectivity index (χ3n) is 2.76. The second kappa shape index (κ2) is 3.77. The van der Waals surface area contributed by atoms with Gasteiger partial charge in [-0.25, -0.2) is 0 Å². The minimum Gasteiger partial charge on any atom is -0.396 e. The van der Waals surface area contributed by atoms with E-state index in [0.717, 1.165) is 12.8 Å². The Balaban J connectivity index is 2.47. The van der Waals surface area contributed by atoms with Gasteiger partial charge in [0.1, 0.15) is 0 Å². The van der Waals surface area contributed by atoms with Crippen LogP contribution in [0.2, 0.25) is 0 Å². The lowest BCUT2D eigenvalue weighted by atomic mass is 9.77. The van der Waals surface area contributed by atoms with E-state index >= 15 is 0 Å². The molecule has 2 heteroatoms. The molecule has 1 saturated carbocycles. The fraction of sp³-hybridized carbons (Fsp3) is 1.00. The summed E-state index contributed by atoms with van der Waals surface area (Å²) in [7, 11) is 0. The quantitative estimate of drug-likeness (QED) is 0.608. The minimum atomic E-state index is 0.317. The number of rotatable bonds is 1. The van der Waals surface area contributed by atoms with Crippen LogP contribution in [0.4, 0.5) is 0 Å². The van der Waals surface area contributed by atoms with Crippen molar-refractivity contribution in [2.45, 2.75) is 32.1 Å². The Bertz CT molecular complexity index is 115. The van der Waals surface area contributed by atoms with E-state index < -0.39 is 0 Å². The number of aliphatic hydroxyl groups excluding tert-OH is 1. The Morgan fingerprint density at radius 3 is 2.09 bits per heavy atom. The van der Waals surface area contributed by atoms with Gasteiger partial charge in [-0.2, -0.15) is 0 Å². The van der Waals surface area contributed by atoms with E-state index in [4.69, 9.17) is 16.7 Å². The van der Waals surface area contributed by atoms with Crippen molar-refractivity contribution in [3.63, 3.8) is 0 Å². The number of hydrogen-bond donors (Lipinski definition) is 1. The maximum absolute atomic E-state index is 8.97. The molecule has 0 spiro atoms. The second-order valence-electron chi connectivity index (χ2n) is 3.92. The highest BCUT2D eigenvalue weighted by atomic mass is 35.5. The van der Waals surface area contributed by atoms with Crippen molar-refractivity contribution in [3.05, 3.63) is 0 Å². The molecule has 1 aliphatic rings. The summed E-state index contributed by atoms with van der Waals surface area (Å²) in [5.74, 6) is 1.63. The second-order valence-corrected chi connectivity index (χ2v) is 4.42. The van der Waals surface area contributed by atoms with Crippen LogP contribution in [0, 0.1) is 17.8 Å². The molecule has 0 aromatic carbocycles. The molecular formula is C9H17ClO. The summed E-state index contributed by atoms with van der Waals surface area (Å²) in [5.41, 5.74) is 0. The summed E-state index contributed by atoms with van der Waals surface area (Å²) in [6, 6.07) is 0.